The van der Waals surface area contributed by atoms with E-state index < -0.39 is 15.8 Å². The Morgan fingerprint density at radius 1 is 1.15 bits per heavy atom. The van der Waals surface area contributed by atoms with Crippen LogP contribution < -0.4 is 0 Å². The predicted octanol–water partition coefficient (Wildman–Crippen LogP) is 3.92. The van der Waals surface area contributed by atoms with Gasteiger partial charge in [0, 0.05) is 19.0 Å². The number of aromatic amines is 1. The fraction of sp³-hybridized carbons (Fsp3) is 0.278. The number of fused-ring (bicyclic) bond motifs is 1. The summed E-state index contributed by atoms with van der Waals surface area (Å²) in [6.07, 6.45) is 1.33. The smallest absolute Gasteiger partial charge is 0.244 e. The molecule has 1 saturated heterocycles. The lowest BCUT2D eigenvalue weighted by Crippen LogP contribution is -2.38. The monoisotopic (exact) mass is 393 g/mol. The number of H-pyrrole nitrogens is 1. The van der Waals surface area contributed by atoms with Crippen LogP contribution in [0.25, 0.3) is 11.0 Å². The van der Waals surface area contributed by atoms with Gasteiger partial charge in [0.25, 0.3) is 0 Å². The molecule has 2 aromatic carbocycles. The summed E-state index contributed by atoms with van der Waals surface area (Å²) in [6, 6.07) is 11.2. The molecular formula is C18H17ClFN3O2S. The molecule has 0 atom stereocenters. The molecule has 0 aliphatic carbocycles. The van der Waals surface area contributed by atoms with Crippen molar-refractivity contribution in [1.29, 1.82) is 0 Å². The number of nitrogens with one attached hydrogen (secondary N) is 1. The summed E-state index contributed by atoms with van der Waals surface area (Å²) < 4.78 is 40.2. The number of halogens is 2. The molecule has 0 unspecified atom stereocenters. The first-order valence-corrected chi connectivity index (χ1v) is 10.2. The fourth-order valence-electron chi connectivity index (χ4n) is 3.36. The van der Waals surface area contributed by atoms with Crippen LogP contribution in [-0.2, 0) is 10.0 Å². The molecule has 0 spiro atoms. The highest BCUT2D eigenvalue weighted by molar-refractivity contribution is 7.89. The first kappa shape index (κ1) is 17.5. The maximum atomic E-state index is 13.2. The second-order valence-electron chi connectivity index (χ2n) is 6.39. The Kier molecular flexibility index (Phi) is 4.46. The molecule has 3 aromatic rings. The minimum Gasteiger partial charge on any atom is -0.342 e. The minimum atomic E-state index is -3.74. The summed E-state index contributed by atoms with van der Waals surface area (Å²) in [4.78, 5) is 7.89. The van der Waals surface area contributed by atoms with Crippen LogP contribution in [0.5, 0.6) is 0 Å². The number of benzene rings is 2. The highest BCUT2D eigenvalue weighted by Crippen LogP contribution is 2.32. The zero-order chi connectivity index (χ0) is 18.3. The molecule has 26 heavy (non-hydrogen) atoms. The summed E-state index contributed by atoms with van der Waals surface area (Å²) in [6.45, 7) is 0.746. The average molecular weight is 394 g/mol. The normalized spacial score (nSPS) is 17.0. The van der Waals surface area contributed by atoms with E-state index in [-0.39, 0.29) is 15.8 Å². The first-order chi connectivity index (χ1) is 12.4. The van der Waals surface area contributed by atoms with Gasteiger partial charge in [-0.2, -0.15) is 4.31 Å². The minimum absolute atomic E-state index is 0.0530. The first-order valence-electron chi connectivity index (χ1n) is 8.35. The van der Waals surface area contributed by atoms with Crippen molar-refractivity contribution in [2.45, 2.75) is 23.7 Å². The van der Waals surface area contributed by atoms with Gasteiger partial charge in [-0.1, -0.05) is 23.7 Å². The average Bonchev–Trinajstić information content (AvgIpc) is 3.05. The summed E-state index contributed by atoms with van der Waals surface area (Å²) in [7, 11) is -3.74. The lowest BCUT2D eigenvalue weighted by atomic mass is 9.97. The van der Waals surface area contributed by atoms with Crippen LogP contribution in [0.15, 0.2) is 47.4 Å². The molecule has 0 radical (unpaired) electrons. The molecule has 0 saturated carbocycles. The van der Waals surface area contributed by atoms with Gasteiger partial charge in [0.15, 0.2) is 0 Å². The molecule has 136 valence electrons. The van der Waals surface area contributed by atoms with Gasteiger partial charge in [0.1, 0.15) is 16.5 Å². The number of imidazole rings is 1. The van der Waals surface area contributed by atoms with Crippen molar-refractivity contribution in [3.05, 3.63) is 59.1 Å². The van der Waals surface area contributed by atoms with Gasteiger partial charge in [-0.3, -0.25) is 0 Å². The third-order valence-electron chi connectivity index (χ3n) is 4.76. The molecule has 1 aromatic heterocycles. The molecule has 4 rings (SSSR count). The molecule has 1 aliphatic heterocycles. The Morgan fingerprint density at radius 3 is 2.58 bits per heavy atom. The van der Waals surface area contributed by atoms with Gasteiger partial charge < -0.3 is 4.98 Å². The van der Waals surface area contributed by atoms with Crippen molar-refractivity contribution < 1.29 is 12.8 Å². The number of nitrogens with zero attached hydrogens (tertiary/aromatic N) is 2. The van der Waals surface area contributed by atoms with E-state index in [0.29, 0.717) is 25.9 Å². The van der Waals surface area contributed by atoms with Crippen molar-refractivity contribution in [2.75, 3.05) is 13.1 Å². The van der Waals surface area contributed by atoms with Crippen LogP contribution in [0.4, 0.5) is 4.39 Å². The number of hydrogen-bond donors (Lipinski definition) is 1. The molecule has 1 N–H and O–H groups in total. The van der Waals surface area contributed by atoms with Gasteiger partial charge in [0.05, 0.1) is 16.1 Å². The lowest BCUT2D eigenvalue weighted by molar-refractivity contribution is 0.314. The third kappa shape index (κ3) is 3.11. The van der Waals surface area contributed by atoms with E-state index in [1.165, 1.54) is 10.4 Å². The molecular weight excluding hydrogens is 377 g/mol. The maximum absolute atomic E-state index is 13.2. The van der Waals surface area contributed by atoms with Crippen molar-refractivity contribution in [3.8, 4) is 0 Å². The second-order valence-corrected chi connectivity index (χ2v) is 8.71. The van der Waals surface area contributed by atoms with Crippen molar-refractivity contribution >= 4 is 32.7 Å². The Bertz CT molecular complexity index is 1030. The highest BCUT2D eigenvalue weighted by atomic mass is 35.5. The van der Waals surface area contributed by atoms with Crippen molar-refractivity contribution in [1.82, 2.24) is 14.3 Å². The van der Waals surface area contributed by atoms with E-state index in [4.69, 9.17) is 11.6 Å². The Labute approximate surface area is 155 Å². The molecule has 1 aliphatic rings. The van der Waals surface area contributed by atoms with E-state index in [0.717, 1.165) is 29.0 Å². The van der Waals surface area contributed by atoms with E-state index in [1.807, 2.05) is 24.3 Å². The van der Waals surface area contributed by atoms with Crippen LogP contribution >= 0.6 is 11.6 Å². The lowest BCUT2D eigenvalue weighted by Gasteiger charge is -2.30. The number of piperidine rings is 1. The Morgan fingerprint density at radius 2 is 1.88 bits per heavy atom. The molecule has 0 amide bonds. The van der Waals surface area contributed by atoms with Crippen LogP contribution in [0.2, 0.25) is 5.02 Å². The molecule has 5 nitrogen and oxygen atoms in total. The van der Waals surface area contributed by atoms with Crippen LogP contribution in [0, 0.1) is 5.82 Å². The van der Waals surface area contributed by atoms with Gasteiger partial charge in [0.2, 0.25) is 10.0 Å². The maximum Gasteiger partial charge on any atom is 0.244 e. The number of aromatic nitrogens is 2. The number of sulfonamides is 1. The van der Waals surface area contributed by atoms with Crippen LogP contribution in [0.3, 0.4) is 0 Å². The second kappa shape index (κ2) is 6.64. The molecule has 0 bridgehead atoms. The summed E-state index contributed by atoms with van der Waals surface area (Å²) in [5, 5.41) is -0.0931. The number of para-hydroxylation sites is 2. The fourth-order valence-corrected chi connectivity index (χ4v) is 5.33. The van der Waals surface area contributed by atoms with E-state index in [1.54, 1.807) is 0 Å². The van der Waals surface area contributed by atoms with Gasteiger partial charge in [-0.15, -0.1) is 0 Å². The summed E-state index contributed by atoms with van der Waals surface area (Å²) >= 11 is 5.94. The van der Waals surface area contributed by atoms with Crippen LogP contribution in [0.1, 0.15) is 24.6 Å². The van der Waals surface area contributed by atoms with Gasteiger partial charge in [-0.25, -0.2) is 17.8 Å². The van der Waals surface area contributed by atoms with E-state index in [2.05, 4.69) is 9.97 Å². The van der Waals surface area contributed by atoms with Crippen LogP contribution in [-0.4, -0.2) is 35.8 Å². The highest BCUT2D eigenvalue weighted by Gasteiger charge is 2.32. The quantitative estimate of drug-likeness (QED) is 0.733. The molecule has 8 heteroatoms. The van der Waals surface area contributed by atoms with E-state index >= 15 is 0 Å². The van der Waals surface area contributed by atoms with Gasteiger partial charge in [-0.05, 0) is 43.2 Å². The van der Waals surface area contributed by atoms with E-state index in [9.17, 15) is 12.8 Å². The largest absolute Gasteiger partial charge is 0.342 e. The predicted molar refractivity (Wildman–Crippen MR) is 98.2 cm³/mol. The molecule has 1 fully saturated rings. The standard InChI is InChI=1S/C18H17ClFN3O2S/c19-14-11-13(20)5-6-17(14)26(24,25)23-9-7-12(8-10-23)18-21-15-3-1-2-4-16(15)22-18/h1-6,11-12H,7-10H2,(H,21,22). The van der Waals surface area contributed by atoms with Crippen molar-refractivity contribution in [2.24, 2.45) is 0 Å². The SMILES string of the molecule is O=S(=O)(c1ccc(F)cc1Cl)N1CCC(c2nc3ccccc3[nH]2)CC1. The Hall–Kier alpha value is -1.96. The van der Waals surface area contributed by atoms with Crippen molar-refractivity contribution in [3.63, 3.8) is 0 Å². The summed E-state index contributed by atoms with van der Waals surface area (Å²) in [5.41, 5.74) is 1.89. The number of hydrogen-bond acceptors (Lipinski definition) is 3. The zero-order valence-electron chi connectivity index (χ0n) is 13.8. The third-order valence-corrected chi connectivity index (χ3v) is 7.14. The summed E-state index contributed by atoms with van der Waals surface area (Å²) in [5.74, 6) is 0.512. The topological polar surface area (TPSA) is 66.1 Å². The van der Waals surface area contributed by atoms with Gasteiger partial charge >= 0.3 is 0 Å². The Balaban J connectivity index is 1.52. The molecule has 2 heterocycles. The number of rotatable bonds is 3. The zero-order valence-corrected chi connectivity index (χ0v) is 15.4.